The lowest BCUT2D eigenvalue weighted by Gasteiger charge is -2.61. The van der Waals surface area contributed by atoms with Gasteiger partial charge in [0.15, 0.2) is 0 Å². The Morgan fingerprint density at radius 2 is 1.00 bits per heavy atom. The lowest BCUT2D eigenvalue weighted by atomic mass is 9.77. The van der Waals surface area contributed by atoms with Gasteiger partial charge in [0.05, 0.1) is 0 Å². The highest BCUT2D eigenvalue weighted by Crippen LogP contribution is 2.56. The summed E-state index contributed by atoms with van der Waals surface area (Å²) >= 11 is 0. The van der Waals surface area contributed by atoms with Crippen LogP contribution in [0.4, 0.5) is 0 Å². The molecule has 0 amide bonds. The van der Waals surface area contributed by atoms with Crippen LogP contribution in [0, 0.1) is 0 Å². The molecule has 3 rings (SSSR count). The Hall–Kier alpha value is 0.270. The summed E-state index contributed by atoms with van der Waals surface area (Å²) < 4.78 is 6.09. The first-order valence-corrected chi connectivity index (χ1v) is 14.8. The van der Waals surface area contributed by atoms with Crippen molar-refractivity contribution in [2.75, 3.05) is 33.3 Å². The van der Waals surface area contributed by atoms with Crippen molar-refractivity contribution >= 4 is 8.22 Å². The second-order valence-corrected chi connectivity index (χ2v) is 15.8. The fraction of sp³-hybridized carbons (Fsp3) is 1.00. The van der Waals surface area contributed by atoms with E-state index in [1.165, 1.54) is 64.2 Å². The first kappa shape index (κ1) is 26.9. The molecule has 3 aliphatic rings. The highest BCUT2D eigenvalue weighted by atomic mass is 31.1. The van der Waals surface area contributed by atoms with Crippen LogP contribution in [0.2, 0.25) is 0 Å². The second-order valence-electron chi connectivity index (χ2n) is 13.6. The maximum atomic E-state index is 3.04. The number of unbranched alkanes of at least 4 members (excludes halogenated alkanes) is 1. The summed E-state index contributed by atoms with van der Waals surface area (Å²) in [5.74, 6) is 0. The summed E-state index contributed by atoms with van der Waals surface area (Å²) in [6.07, 6.45) is 10.6. The van der Waals surface area contributed by atoms with Crippen molar-refractivity contribution in [3.8, 4) is 0 Å². The van der Waals surface area contributed by atoms with Crippen LogP contribution in [0.3, 0.4) is 0 Å². The Labute approximate surface area is 202 Å². The molecule has 5 heteroatoms. The summed E-state index contributed by atoms with van der Waals surface area (Å²) in [6, 6.07) is 1.43. The number of piperidine rings is 2. The van der Waals surface area contributed by atoms with Gasteiger partial charge in [-0.15, -0.1) is 0 Å². The zero-order chi connectivity index (χ0) is 24.1. The third-order valence-electron chi connectivity index (χ3n) is 9.49. The zero-order valence-electron chi connectivity index (χ0n) is 23.5. The predicted octanol–water partition coefficient (Wildman–Crippen LogP) is 6.41. The summed E-state index contributed by atoms with van der Waals surface area (Å²) in [7, 11) is 4.48. The number of hydrogen-bond donors (Lipinski definition) is 0. The Morgan fingerprint density at radius 1 is 0.656 bits per heavy atom. The van der Waals surface area contributed by atoms with E-state index in [0.717, 1.165) is 0 Å². The van der Waals surface area contributed by atoms with Crippen molar-refractivity contribution in [1.29, 1.82) is 0 Å². The van der Waals surface area contributed by atoms with Gasteiger partial charge in [0, 0.05) is 55.6 Å². The molecule has 32 heavy (non-hydrogen) atoms. The molecule has 0 aromatic heterocycles. The third kappa shape index (κ3) is 5.25. The highest BCUT2D eigenvalue weighted by molar-refractivity contribution is 7.52. The van der Waals surface area contributed by atoms with E-state index < -0.39 is 0 Å². The molecule has 0 atom stereocenters. The number of hydrogen-bond acceptors (Lipinski definition) is 4. The third-order valence-corrected chi connectivity index (χ3v) is 12.5. The van der Waals surface area contributed by atoms with Crippen LogP contribution in [0.5, 0.6) is 0 Å². The average molecular weight is 467 g/mol. The van der Waals surface area contributed by atoms with Crippen LogP contribution >= 0.6 is 8.22 Å². The molecule has 0 bridgehead atoms. The zero-order valence-corrected chi connectivity index (χ0v) is 24.4. The van der Waals surface area contributed by atoms with Gasteiger partial charge in [-0.3, -0.25) is 19.1 Å². The molecular formula is C27H55N4P. The minimum absolute atomic E-state index is 0.215. The van der Waals surface area contributed by atoms with Gasteiger partial charge < -0.3 is 0 Å². The topological polar surface area (TPSA) is 13.0 Å². The minimum Gasteiger partial charge on any atom is -0.296 e. The maximum Gasteiger partial charge on any atom is 0.0399 e. The molecule has 188 valence electrons. The molecular weight excluding hydrogens is 411 g/mol. The highest BCUT2D eigenvalue weighted by Gasteiger charge is 2.50. The van der Waals surface area contributed by atoms with Crippen molar-refractivity contribution in [3.63, 3.8) is 0 Å². The molecule has 0 N–H and O–H groups in total. The molecule has 0 aliphatic carbocycles. The molecule has 3 saturated heterocycles. The van der Waals surface area contributed by atoms with Gasteiger partial charge in [-0.1, -0.05) is 13.3 Å². The van der Waals surface area contributed by atoms with Crippen molar-refractivity contribution < 1.29 is 0 Å². The van der Waals surface area contributed by atoms with Crippen LogP contribution < -0.4 is 0 Å². The van der Waals surface area contributed by atoms with Gasteiger partial charge >= 0.3 is 0 Å². The molecule has 3 heterocycles. The minimum atomic E-state index is -0.215. The largest absolute Gasteiger partial charge is 0.296 e. The van der Waals surface area contributed by atoms with Gasteiger partial charge in [0.2, 0.25) is 0 Å². The molecule has 0 spiro atoms. The Balaban J connectivity index is 1.89. The maximum absolute atomic E-state index is 3.04. The molecule has 3 fully saturated rings. The Kier molecular flexibility index (Phi) is 7.87. The number of rotatable bonds is 5. The second kappa shape index (κ2) is 9.38. The fourth-order valence-electron chi connectivity index (χ4n) is 7.13. The average Bonchev–Trinajstić information content (AvgIpc) is 2.67. The summed E-state index contributed by atoms with van der Waals surface area (Å²) in [4.78, 5) is 5.29. The van der Waals surface area contributed by atoms with Crippen molar-refractivity contribution in [2.24, 2.45) is 0 Å². The summed E-state index contributed by atoms with van der Waals surface area (Å²) in [5.41, 5.74) is 1.05. The normalized spacial score (nSPS) is 31.2. The van der Waals surface area contributed by atoms with Crippen LogP contribution in [0.15, 0.2) is 0 Å². The van der Waals surface area contributed by atoms with Gasteiger partial charge in [-0.25, -0.2) is 0 Å². The van der Waals surface area contributed by atoms with Crippen LogP contribution in [-0.2, 0) is 0 Å². The standard InChI is InChI=1S/C27H55N4P/c1-12-13-17-32-30(22-18-24(2,3)28(10)25(4,5)19-22)15-14-16-31(32)23-20-26(6,7)29(11)27(8,9)21-23/h22-23H,12-21H2,1-11H3. The first-order chi connectivity index (χ1) is 14.6. The van der Waals surface area contributed by atoms with E-state index in [0.29, 0.717) is 12.1 Å². The van der Waals surface area contributed by atoms with E-state index in [4.69, 9.17) is 0 Å². The monoisotopic (exact) mass is 466 g/mol. The molecule has 0 saturated carbocycles. The van der Waals surface area contributed by atoms with Crippen molar-refractivity contribution in [3.05, 3.63) is 0 Å². The molecule has 4 nitrogen and oxygen atoms in total. The lowest BCUT2D eigenvalue weighted by molar-refractivity contribution is -0.0431. The summed E-state index contributed by atoms with van der Waals surface area (Å²) in [5, 5.41) is 0. The molecule has 0 unspecified atom stereocenters. The Bertz CT molecular complexity index is 558. The van der Waals surface area contributed by atoms with E-state index in [2.05, 4.69) is 95.5 Å². The molecule has 0 aromatic carbocycles. The van der Waals surface area contributed by atoms with Gasteiger partial charge in [-0.2, -0.15) is 0 Å². The number of nitrogens with zero attached hydrogens (tertiary/aromatic N) is 4. The summed E-state index contributed by atoms with van der Waals surface area (Å²) in [6.45, 7) is 24.8. The van der Waals surface area contributed by atoms with Crippen LogP contribution in [0.25, 0.3) is 0 Å². The van der Waals surface area contributed by atoms with Crippen molar-refractivity contribution in [2.45, 2.75) is 141 Å². The number of likely N-dealkylation sites (tertiary alicyclic amines) is 2. The molecule has 3 aliphatic heterocycles. The molecule has 0 aromatic rings. The Morgan fingerprint density at radius 3 is 1.31 bits per heavy atom. The fourth-order valence-corrected chi connectivity index (χ4v) is 10.4. The van der Waals surface area contributed by atoms with Crippen LogP contribution in [-0.4, -0.2) is 86.7 Å². The quantitative estimate of drug-likeness (QED) is 0.434. The van der Waals surface area contributed by atoms with Crippen LogP contribution in [0.1, 0.15) is 107 Å². The van der Waals surface area contributed by atoms with Crippen molar-refractivity contribution in [1.82, 2.24) is 19.1 Å². The van der Waals surface area contributed by atoms with Gasteiger partial charge in [0.25, 0.3) is 0 Å². The smallest absolute Gasteiger partial charge is 0.0399 e. The van der Waals surface area contributed by atoms with E-state index in [-0.39, 0.29) is 30.4 Å². The van der Waals surface area contributed by atoms with E-state index in [1.54, 1.807) is 0 Å². The van der Waals surface area contributed by atoms with E-state index in [1.807, 2.05) is 0 Å². The lowest BCUT2D eigenvalue weighted by Crippen LogP contribution is -2.64. The van der Waals surface area contributed by atoms with Gasteiger partial charge in [0.1, 0.15) is 0 Å². The predicted molar refractivity (Wildman–Crippen MR) is 143 cm³/mol. The van der Waals surface area contributed by atoms with E-state index >= 15 is 0 Å². The van der Waals surface area contributed by atoms with Gasteiger partial charge in [-0.05, 0) is 114 Å². The first-order valence-electron chi connectivity index (χ1n) is 13.4. The molecule has 0 radical (unpaired) electrons. The SMILES string of the molecule is CCCCP1N(C2CC(C)(C)N(C)C(C)(C)C2)CCCN1C1CC(C)(C)N(C)C(C)(C)C1. The van der Waals surface area contributed by atoms with E-state index in [9.17, 15) is 0 Å².